The fourth-order valence-electron chi connectivity index (χ4n) is 8.76. The first-order valence-corrected chi connectivity index (χ1v) is 18.6. The van der Waals surface area contributed by atoms with Gasteiger partial charge in [0.05, 0.1) is 16.7 Å². The SMILES string of the molecule is Cc1ccc(N(c2ccc3c(c2)Oc2cccc4c2B3c2ccccc2N4c2ccccc2)c2cccc3c4ccccc4n(-c4ccccc4)c23)cc1. The Labute approximate surface area is 314 Å². The van der Waals surface area contributed by atoms with Gasteiger partial charge in [-0.2, -0.15) is 0 Å². The van der Waals surface area contributed by atoms with Crippen molar-refractivity contribution >= 4 is 79.0 Å². The zero-order valence-electron chi connectivity index (χ0n) is 29.7. The molecule has 0 bridgehead atoms. The van der Waals surface area contributed by atoms with Gasteiger partial charge >= 0.3 is 0 Å². The molecule has 0 aliphatic carbocycles. The number of hydrogen-bond donors (Lipinski definition) is 0. The van der Waals surface area contributed by atoms with E-state index in [1.165, 1.54) is 43.9 Å². The standard InChI is InChI=1S/C49H34BN3O/c1-33-26-28-36(29-27-33)51(45-24-12-19-39-38-18-8-10-21-42(38)53(49(39)45)35-16-6-3-7-17-35)37-30-31-41-47(32-37)54-46-25-13-23-44-48(46)50(41)40-20-9-11-22-43(40)52(44)34-14-4-2-5-15-34/h2-32H,1H3. The summed E-state index contributed by atoms with van der Waals surface area (Å²) >= 11 is 0. The Morgan fingerprint density at radius 2 is 1.17 bits per heavy atom. The third kappa shape index (κ3) is 4.58. The molecule has 254 valence electrons. The van der Waals surface area contributed by atoms with Crippen LogP contribution in [0.2, 0.25) is 0 Å². The number of hydrogen-bond acceptors (Lipinski definition) is 3. The van der Waals surface area contributed by atoms with E-state index in [0.717, 1.165) is 51.1 Å². The molecule has 0 fully saturated rings. The van der Waals surface area contributed by atoms with Gasteiger partial charge in [0.15, 0.2) is 0 Å². The van der Waals surface area contributed by atoms with Gasteiger partial charge in [0.25, 0.3) is 6.71 Å². The van der Waals surface area contributed by atoms with Crippen molar-refractivity contribution in [3.63, 3.8) is 0 Å². The molecule has 0 saturated heterocycles. The van der Waals surface area contributed by atoms with Crippen LogP contribution >= 0.6 is 0 Å². The Kier molecular flexibility index (Phi) is 6.83. The van der Waals surface area contributed by atoms with Crippen LogP contribution in [0.3, 0.4) is 0 Å². The van der Waals surface area contributed by atoms with Crippen LogP contribution in [0, 0.1) is 6.92 Å². The molecule has 0 radical (unpaired) electrons. The first-order valence-electron chi connectivity index (χ1n) is 18.6. The minimum Gasteiger partial charge on any atom is -0.458 e. The molecule has 0 amide bonds. The molecule has 0 spiro atoms. The monoisotopic (exact) mass is 691 g/mol. The highest BCUT2D eigenvalue weighted by Crippen LogP contribution is 2.45. The van der Waals surface area contributed by atoms with E-state index in [2.05, 4.69) is 209 Å². The normalized spacial score (nSPS) is 12.6. The Morgan fingerprint density at radius 1 is 0.500 bits per heavy atom. The van der Waals surface area contributed by atoms with Crippen molar-refractivity contribution in [2.24, 2.45) is 0 Å². The van der Waals surface area contributed by atoms with E-state index in [1.54, 1.807) is 0 Å². The second kappa shape index (κ2) is 12.0. The lowest BCUT2D eigenvalue weighted by atomic mass is 9.34. The van der Waals surface area contributed by atoms with Crippen molar-refractivity contribution in [3.8, 4) is 17.2 Å². The molecule has 8 aromatic carbocycles. The number of fused-ring (bicyclic) bond motifs is 7. The van der Waals surface area contributed by atoms with E-state index in [0.29, 0.717) is 0 Å². The molecule has 4 nitrogen and oxygen atoms in total. The molecular formula is C49H34BN3O. The highest BCUT2D eigenvalue weighted by atomic mass is 16.5. The van der Waals surface area contributed by atoms with Gasteiger partial charge in [-0.15, -0.1) is 0 Å². The summed E-state index contributed by atoms with van der Waals surface area (Å²) in [6, 6.07) is 67.6. The van der Waals surface area contributed by atoms with Crippen LogP contribution < -0.4 is 30.9 Å². The maximum atomic E-state index is 6.98. The van der Waals surface area contributed by atoms with E-state index in [4.69, 9.17) is 4.74 Å². The van der Waals surface area contributed by atoms with Crippen molar-refractivity contribution in [2.45, 2.75) is 6.92 Å². The number of aryl methyl sites for hydroxylation is 1. The Morgan fingerprint density at radius 3 is 2.00 bits per heavy atom. The maximum Gasteiger partial charge on any atom is 0.256 e. The van der Waals surface area contributed by atoms with Crippen LogP contribution in [-0.2, 0) is 0 Å². The van der Waals surface area contributed by atoms with Crippen molar-refractivity contribution in [1.82, 2.24) is 4.57 Å². The number of anilines is 6. The highest BCUT2D eigenvalue weighted by molar-refractivity contribution is 6.99. The highest BCUT2D eigenvalue weighted by Gasteiger charge is 2.41. The van der Waals surface area contributed by atoms with Gasteiger partial charge in [-0.25, -0.2) is 0 Å². The number of benzene rings is 8. The van der Waals surface area contributed by atoms with Gasteiger partial charge in [0.2, 0.25) is 0 Å². The largest absolute Gasteiger partial charge is 0.458 e. The first kappa shape index (κ1) is 30.6. The second-order valence-electron chi connectivity index (χ2n) is 14.2. The van der Waals surface area contributed by atoms with Gasteiger partial charge in [0.1, 0.15) is 11.5 Å². The zero-order valence-corrected chi connectivity index (χ0v) is 29.7. The van der Waals surface area contributed by atoms with Crippen LogP contribution in [0.15, 0.2) is 188 Å². The van der Waals surface area contributed by atoms with Crippen molar-refractivity contribution in [1.29, 1.82) is 0 Å². The molecular weight excluding hydrogens is 657 g/mol. The van der Waals surface area contributed by atoms with Gasteiger partial charge in [-0.05, 0) is 96.1 Å². The summed E-state index contributed by atoms with van der Waals surface area (Å²) in [6.45, 7) is 2.17. The molecule has 5 heteroatoms. The number of rotatable bonds is 5. The smallest absolute Gasteiger partial charge is 0.256 e. The summed E-state index contributed by atoms with van der Waals surface area (Å²) in [5.41, 5.74) is 15.0. The summed E-state index contributed by atoms with van der Waals surface area (Å²) in [7, 11) is 0. The van der Waals surface area contributed by atoms with Crippen LogP contribution in [0.5, 0.6) is 11.5 Å². The van der Waals surface area contributed by atoms with Gasteiger partial charge in [-0.3, -0.25) is 0 Å². The minimum absolute atomic E-state index is 0.0297. The fourth-order valence-corrected chi connectivity index (χ4v) is 8.76. The molecule has 1 aromatic heterocycles. The molecule has 2 aliphatic rings. The molecule has 3 heterocycles. The maximum absolute atomic E-state index is 6.98. The molecule has 0 atom stereocenters. The van der Waals surface area contributed by atoms with Crippen LogP contribution in [0.4, 0.5) is 34.1 Å². The van der Waals surface area contributed by atoms with Gasteiger partial charge < -0.3 is 19.1 Å². The number of para-hydroxylation sites is 5. The third-order valence-electron chi connectivity index (χ3n) is 11.1. The average molecular weight is 692 g/mol. The second-order valence-corrected chi connectivity index (χ2v) is 14.2. The Balaban J connectivity index is 1.13. The third-order valence-corrected chi connectivity index (χ3v) is 11.1. The predicted molar refractivity (Wildman–Crippen MR) is 226 cm³/mol. The van der Waals surface area contributed by atoms with E-state index in [1.807, 2.05) is 0 Å². The molecule has 0 saturated carbocycles. The molecule has 11 rings (SSSR count). The number of ether oxygens (including phenoxy) is 1. The van der Waals surface area contributed by atoms with Crippen LogP contribution in [-0.4, -0.2) is 11.3 Å². The quantitative estimate of drug-likeness (QED) is 0.168. The summed E-state index contributed by atoms with van der Waals surface area (Å²) in [5, 5.41) is 2.44. The van der Waals surface area contributed by atoms with Gasteiger partial charge in [0, 0.05) is 51.0 Å². The summed E-state index contributed by atoms with van der Waals surface area (Å²) < 4.78 is 9.38. The molecule has 0 N–H and O–H groups in total. The van der Waals surface area contributed by atoms with E-state index >= 15 is 0 Å². The van der Waals surface area contributed by atoms with Crippen LogP contribution in [0.1, 0.15) is 5.56 Å². The molecule has 9 aromatic rings. The summed E-state index contributed by atoms with van der Waals surface area (Å²) in [5.74, 6) is 1.77. The topological polar surface area (TPSA) is 20.6 Å². The minimum atomic E-state index is 0.0297. The summed E-state index contributed by atoms with van der Waals surface area (Å²) in [6.07, 6.45) is 0. The lowest BCUT2D eigenvalue weighted by Gasteiger charge is -2.40. The lowest BCUT2D eigenvalue weighted by molar-refractivity contribution is 0.487. The number of aromatic nitrogens is 1. The molecule has 2 aliphatic heterocycles. The zero-order chi connectivity index (χ0) is 35.8. The first-order chi connectivity index (χ1) is 26.7. The predicted octanol–water partition coefficient (Wildman–Crippen LogP) is 11.0. The van der Waals surface area contributed by atoms with Gasteiger partial charge in [-0.1, -0.05) is 115 Å². The van der Waals surface area contributed by atoms with E-state index in [9.17, 15) is 0 Å². The van der Waals surface area contributed by atoms with E-state index < -0.39 is 0 Å². The average Bonchev–Trinajstić information content (AvgIpc) is 3.57. The van der Waals surface area contributed by atoms with Crippen molar-refractivity contribution in [2.75, 3.05) is 9.80 Å². The Bertz CT molecular complexity index is 2880. The molecule has 0 unspecified atom stereocenters. The van der Waals surface area contributed by atoms with Crippen molar-refractivity contribution < 1.29 is 4.74 Å². The molecule has 54 heavy (non-hydrogen) atoms. The van der Waals surface area contributed by atoms with Crippen molar-refractivity contribution in [3.05, 3.63) is 194 Å². The number of nitrogens with zero attached hydrogens (tertiary/aromatic N) is 3. The van der Waals surface area contributed by atoms with E-state index in [-0.39, 0.29) is 6.71 Å². The fraction of sp³-hybridized carbons (Fsp3) is 0.0204. The Hall–Kier alpha value is -6.98. The van der Waals surface area contributed by atoms with Crippen LogP contribution in [0.25, 0.3) is 27.5 Å². The lowest BCUT2D eigenvalue weighted by Crippen LogP contribution is -2.59. The summed E-state index contributed by atoms with van der Waals surface area (Å²) in [4.78, 5) is 4.76.